The highest BCUT2D eigenvalue weighted by Gasteiger charge is 2.19. The van der Waals surface area contributed by atoms with Gasteiger partial charge in [0.1, 0.15) is 0 Å². The van der Waals surface area contributed by atoms with Gasteiger partial charge < -0.3 is 5.32 Å². The van der Waals surface area contributed by atoms with Gasteiger partial charge >= 0.3 is 0 Å². The first-order valence-corrected chi connectivity index (χ1v) is 10.1. The second-order valence-electron chi connectivity index (χ2n) is 4.23. The predicted molar refractivity (Wildman–Crippen MR) is 94.4 cm³/mol. The van der Waals surface area contributed by atoms with Crippen molar-refractivity contribution in [3.8, 4) is 0 Å². The molecule has 0 saturated heterocycles. The summed E-state index contributed by atoms with van der Waals surface area (Å²) in [7, 11) is -3.59. The summed E-state index contributed by atoms with van der Waals surface area (Å²) in [5, 5.41) is 4.83. The average Bonchev–Trinajstić information content (AvgIpc) is 2.90. The summed E-state index contributed by atoms with van der Waals surface area (Å²) in [4.78, 5) is 1.27. The number of rotatable bonds is 6. The van der Waals surface area contributed by atoms with E-state index in [1.807, 2.05) is 13.0 Å². The lowest BCUT2D eigenvalue weighted by Crippen LogP contribution is -2.13. The molecule has 0 aliphatic carbocycles. The van der Waals surface area contributed by atoms with Gasteiger partial charge in [-0.05, 0) is 56.6 Å². The third kappa shape index (κ3) is 4.29. The molecular formula is C13H14Br2N2O2S2. The quantitative estimate of drug-likeness (QED) is 0.689. The van der Waals surface area contributed by atoms with Gasteiger partial charge in [0.05, 0.1) is 10.6 Å². The lowest BCUT2D eigenvalue weighted by molar-refractivity contribution is 0.601. The second-order valence-corrected chi connectivity index (χ2v) is 8.62. The number of thiophene rings is 1. The van der Waals surface area contributed by atoms with Crippen LogP contribution in [-0.2, 0) is 16.6 Å². The minimum Gasteiger partial charge on any atom is -0.312 e. The van der Waals surface area contributed by atoms with Crippen molar-refractivity contribution in [2.45, 2.75) is 18.4 Å². The van der Waals surface area contributed by atoms with Crippen molar-refractivity contribution in [1.82, 2.24) is 5.32 Å². The number of para-hydroxylation sites is 1. The number of benzene rings is 1. The summed E-state index contributed by atoms with van der Waals surface area (Å²) in [6.45, 7) is 3.54. The van der Waals surface area contributed by atoms with Gasteiger partial charge in [-0.1, -0.05) is 13.0 Å². The van der Waals surface area contributed by atoms with Gasteiger partial charge in [0, 0.05) is 25.7 Å². The molecule has 1 aromatic carbocycles. The number of halogens is 2. The van der Waals surface area contributed by atoms with Crippen molar-refractivity contribution < 1.29 is 8.42 Å². The Kier molecular flexibility index (Phi) is 5.84. The summed E-state index contributed by atoms with van der Waals surface area (Å²) in [6, 6.07) is 7.09. The van der Waals surface area contributed by atoms with Crippen LogP contribution in [0.1, 0.15) is 11.8 Å². The fourth-order valence-corrected chi connectivity index (χ4v) is 5.44. The van der Waals surface area contributed by atoms with E-state index in [9.17, 15) is 8.42 Å². The predicted octanol–water partition coefficient (Wildman–Crippen LogP) is 4.18. The topological polar surface area (TPSA) is 58.2 Å². The molecule has 21 heavy (non-hydrogen) atoms. The molecule has 0 radical (unpaired) electrons. The third-order valence-corrected chi connectivity index (χ3v) is 6.43. The van der Waals surface area contributed by atoms with Crippen molar-refractivity contribution in [3.63, 3.8) is 0 Å². The maximum atomic E-state index is 12.4. The van der Waals surface area contributed by atoms with E-state index >= 15 is 0 Å². The summed E-state index contributed by atoms with van der Waals surface area (Å²) >= 11 is 8.13. The molecule has 0 unspecified atom stereocenters. The van der Waals surface area contributed by atoms with Crippen LogP contribution in [0.4, 0.5) is 5.69 Å². The monoisotopic (exact) mass is 452 g/mol. The molecule has 2 N–H and O–H groups in total. The Labute approximate surface area is 145 Å². The Balaban J connectivity index is 2.24. The van der Waals surface area contributed by atoms with Crippen LogP contribution in [0.2, 0.25) is 0 Å². The molecule has 1 aromatic heterocycles. The zero-order valence-electron chi connectivity index (χ0n) is 11.2. The first-order valence-electron chi connectivity index (χ1n) is 6.19. The van der Waals surface area contributed by atoms with Crippen LogP contribution >= 0.6 is 43.2 Å². The van der Waals surface area contributed by atoms with Gasteiger partial charge in [-0.3, -0.25) is 4.72 Å². The lowest BCUT2D eigenvalue weighted by atomic mass is 10.3. The Morgan fingerprint density at radius 3 is 2.52 bits per heavy atom. The molecular weight excluding hydrogens is 440 g/mol. The maximum absolute atomic E-state index is 12.4. The van der Waals surface area contributed by atoms with Crippen molar-refractivity contribution >= 4 is 58.9 Å². The Morgan fingerprint density at radius 2 is 1.90 bits per heavy atom. The van der Waals surface area contributed by atoms with Gasteiger partial charge in [-0.2, -0.15) is 0 Å². The highest BCUT2D eigenvalue weighted by atomic mass is 79.9. The zero-order chi connectivity index (χ0) is 15.5. The molecule has 0 aliphatic heterocycles. The Bertz CT molecular complexity index is 709. The van der Waals surface area contributed by atoms with Crippen LogP contribution in [0.25, 0.3) is 0 Å². The largest absolute Gasteiger partial charge is 0.312 e. The first-order chi connectivity index (χ1) is 9.94. The van der Waals surface area contributed by atoms with Crippen LogP contribution in [-0.4, -0.2) is 15.0 Å². The minimum atomic E-state index is -3.59. The van der Waals surface area contributed by atoms with Gasteiger partial charge in [0.25, 0.3) is 10.0 Å². The Hall–Kier alpha value is -0.410. The highest BCUT2D eigenvalue weighted by Crippen LogP contribution is 2.33. The standard InChI is InChI=1S/C13H14Br2N2O2S2/c1-2-16-7-9-6-10(8-20-9)21(18,19)17-13-11(14)4-3-5-12(13)15/h3-6,8,16-17H,2,7H2,1H3. The van der Waals surface area contributed by atoms with Gasteiger partial charge in [0.15, 0.2) is 0 Å². The van der Waals surface area contributed by atoms with Crippen molar-refractivity contribution in [2.75, 3.05) is 11.3 Å². The molecule has 8 heteroatoms. The lowest BCUT2D eigenvalue weighted by Gasteiger charge is -2.10. The summed E-state index contributed by atoms with van der Waals surface area (Å²) in [6.07, 6.45) is 0. The molecule has 2 aromatic rings. The van der Waals surface area contributed by atoms with Crippen molar-refractivity contribution in [1.29, 1.82) is 0 Å². The van der Waals surface area contributed by atoms with E-state index in [0.717, 1.165) is 11.4 Å². The number of sulfonamides is 1. The number of anilines is 1. The van der Waals surface area contributed by atoms with E-state index in [1.165, 1.54) is 11.3 Å². The average molecular weight is 454 g/mol. The van der Waals surface area contributed by atoms with Crippen LogP contribution in [0.5, 0.6) is 0 Å². The van der Waals surface area contributed by atoms with Crippen molar-refractivity contribution in [3.05, 3.63) is 43.5 Å². The minimum absolute atomic E-state index is 0.281. The molecule has 114 valence electrons. The molecule has 0 atom stereocenters. The van der Waals surface area contributed by atoms with Crippen LogP contribution in [0, 0.1) is 0 Å². The fraction of sp³-hybridized carbons (Fsp3) is 0.231. The molecule has 0 saturated carbocycles. The molecule has 0 amide bonds. The second kappa shape index (κ2) is 7.23. The van der Waals surface area contributed by atoms with E-state index in [-0.39, 0.29) is 4.90 Å². The summed E-state index contributed by atoms with van der Waals surface area (Å²) in [5.41, 5.74) is 0.497. The van der Waals surface area contributed by atoms with E-state index in [4.69, 9.17) is 0 Å². The normalized spacial score (nSPS) is 11.6. The van der Waals surface area contributed by atoms with E-state index in [2.05, 4.69) is 41.9 Å². The molecule has 0 fully saturated rings. The smallest absolute Gasteiger partial charge is 0.262 e. The Morgan fingerprint density at radius 1 is 1.24 bits per heavy atom. The molecule has 1 heterocycles. The molecule has 0 spiro atoms. The maximum Gasteiger partial charge on any atom is 0.262 e. The van der Waals surface area contributed by atoms with Crippen molar-refractivity contribution in [2.24, 2.45) is 0 Å². The molecule has 0 aliphatic rings. The third-order valence-electron chi connectivity index (χ3n) is 2.69. The highest BCUT2D eigenvalue weighted by molar-refractivity contribution is 9.11. The van der Waals surface area contributed by atoms with Gasteiger partial charge in [-0.25, -0.2) is 8.42 Å². The summed E-state index contributed by atoms with van der Waals surface area (Å²) < 4.78 is 28.8. The van der Waals surface area contributed by atoms with E-state index in [1.54, 1.807) is 23.6 Å². The molecule has 4 nitrogen and oxygen atoms in total. The van der Waals surface area contributed by atoms with Gasteiger partial charge in [0.2, 0.25) is 0 Å². The number of nitrogens with one attached hydrogen (secondary N) is 2. The summed E-state index contributed by atoms with van der Waals surface area (Å²) in [5.74, 6) is 0. The zero-order valence-corrected chi connectivity index (χ0v) is 16.0. The van der Waals surface area contributed by atoms with Gasteiger partial charge in [-0.15, -0.1) is 11.3 Å². The van der Waals surface area contributed by atoms with E-state index < -0.39 is 10.0 Å². The SMILES string of the molecule is CCNCc1cc(S(=O)(=O)Nc2c(Br)cccc2Br)cs1. The van der Waals surface area contributed by atoms with Crippen LogP contribution in [0.15, 0.2) is 43.5 Å². The van der Waals surface area contributed by atoms with E-state index in [0.29, 0.717) is 21.2 Å². The fourth-order valence-electron chi connectivity index (χ4n) is 1.63. The molecule has 2 rings (SSSR count). The van der Waals surface area contributed by atoms with Crippen LogP contribution < -0.4 is 10.0 Å². The number of hydrogen-bond donors (Lipinski definition) is 2. The first kappa shape index (κ1) is 17.0. The number of hydrogen-bond acceptors (Lipinski definition) is 4. The molecule has 0 bridgehead atoms. The van der Waals surface area contributed by atoms with Crippen LogP contribution in [0.3, 0.4) is 0 Å².